The zero-order chi connectivity index (χ0) is 22.0. The molecular formula is C22H30N6O3. The van der Waals surface area contributed by atoms with E-state index in [9.17, 15) is 9.59 Å². The summed E-state index contributed by atoms with van der Waals surface area (Å²) in [5.41, 5.74) is 0.496. The van der Waals surface area contributed by atoms with Crippen LogP contribution in [0.5, 0.6) is 0 Å². The van der Waals surface area contributed by atoms with Gasteiger partial charge in [-0.3, -0.25) is 9.36 Å². The molecule has 0 bridgehead atoms. The van der Waals surface area contributed by atoms with E-state index < -0.39 is 0 Å². The van der Waals surface area contributed by atoms with E-state index in [-0.39, 0.29) is 30.2 Å². The summed E-state index contributed by atoms with van der Waals surface area (Å²) in [6.45, 7) is 6.92. The molecule has 2 fully saturated rings. The molecule has 0 unspecified atom stereocenters. The van der Waals surface area contributed by atoms with Crippen molar-refractivity contribution in [1.82, 2.24) is 29.3 Å². The van der Waals surface area contributed by atoms with E-state index in [0.29, 0.717) is 24.6 Å². The Bertz CT molecular complexity index is 914. The van der Waals surface area contributed by atoms with Crippen molar-refractivity contribution in [2.45, 2.75) is 71.1 Å². The molecule has 0 N–H and O–H groups in total. The number of hydrogen-bond donors (Lipinski definition) is 0. The Balaban J connectivity index is 1.43. The molecule has 1 aliphatic heterocycles. The van der Waals surface area contributed by atoms with Crippen LogP contribution >= 0.6 is 0 Å². The third kappa shape index (κ3) is 4.70. The van der Waals surface area contributed by atoms with Gasteiger partial charge in [0.05, 0.1) is 11.7 Å². The number of rotatable bonds is 6. The topological polar surface area (TPSA) is 93.5 Å². The molecule has 9 heteroatoms. The zero-order valence-electron chi connectivity index (χ0n) is 18.4. The van der Waals surface area contributed by atoms with Crippen LogP contribution in [0, 0.1) is 0 Å². The first-order valence-electron chi connectivity index (χ1n) is 11.1. The standard InChI is InChI=1S/C22H30N6O3/c1-4-19-23-9-12-27(19)21-24-13-16(14-25-21)20(29)28(17-5-6-17)18-7-10-26(11-8-18)22(30)31-15(2)3/h9,12-15,17-18H,4-8,10-11H2,1-3H3. The summed E-state index contributed by atoms with van der Waals surface area (Å²) in [6, 6.07) is 0.384. The van der Waals surface area contributed by atoms with E-state index >= 15 is 0 Å². The van der Waals surface area contributed by atoms with Gasteiger partial charge in [0.1, 0.15) is 5.82 Å². The van der Waals surface area contributed by atoms with Crippen LogP contribution in [0.4, 0.5) is 4.79 Å². The average molecular weight is 427 g/mol. The number of aryl methyl sites for hydroxylation is 1. The van der Waals surface area contributed by atoms with Gasteiger partial charge in [0, 0.05) is 56.4 Å². The smallest absolute Gasteiger partial charge is 0.410 e. The van der Waals surface area contributed by atoms with E-state index in [0.717, 1.165) is 37.9 Å². The Morgan fingerprint density at radius 1 is 1.10 bits per heavy atom. The Hall–Kier alpha value is -2.97. The molecule has 1 saturated carbocycles. The molecule has 4 rings (SSSR count). The first-order chi connectivity index (χ1) is 15.0. The predicted molar refractivity (Wildman–Crippen MR) is 114 cm³/mol. The molecule has 2 aliphatic rings. The maximum atomic E-state index is 13.3. The maximum absolute atomic E-state index is 13.3. The van der Waals surface area contributed by atoms with Crippen LogP contribution in [0.2, 0.25) is 0 Å². The van der Waals surface area contributed by atoms with Crippen LogP contribution in [0.15, 0.2) is 24.8 Å². The van der Waals surface area contributed by atoms with Gasteiger partial charge in [0.25, 0.3) is 5.91 Å². The van der Waals surface area contributed by atoms with Gasteiger partial charge in [-0.25, -0.2) is 19.7 Å². The van der Waals surface area contributed by atoms with Gasteiger partial charge >= 0.3 is 6.09 Å². The van der Waals surface area contributed by atoms with Gasteiger partial charge in [0.2, 0.25) is 5.95 Å². The molecule has 0 radical (unpaired) electrons. The monoisotopic (exact) mass is 426 g/mol. The van der Waals surface area contributed by atoms with Crippen LogP contribution < -0.4 is 0 Å². The largest absolute Gasteiger partial charge is 0.447 e. The van der Waals surface area contributed by atoms with Crippen molar-refractivity contribution in [2.24, 2.45) is 0 Å². The number of aromatic nitrogens is 4. The Kier molecular flexibility index (Phi) is 6.20. The lowest BCUT2D eigenvalue weighted by Gasteiger charge is -2.38. The molecule has 0 spiro atoms. The molecule has 31 heavy (non-hydrogen) atoms. The van der Waals surface area contributed by atoms with Crippen LogP contribution in [-0.4, -0.2) is 72.6 Å². The fourth-order valence-corrected chi connectivity index (χ4v) is 4.07. The van der Waals surface area contributed by atoms with Gasteiger partial charge in [-0.1, -0.05) is 6.92 Å². The normalized spacial score (nSPS) is 17.1. The Morgan fingerprint density at radius 2 is 1.74 bits per heavy atom. The van der Waals surface area contributed by atoms with Gasteiger partial charge in [-0.15, -0.1) is 0 Å². The van der Waals surface area contributed by atoms with Gasteiger partial charge in [-0.2, -0.15) is 0 Å². The van der Waals surface area contributed by atoms with Crippen molar-refractivity contribution in [2.75, 3.05) is 13.1 Å². The number of likely N-dealkylation sites (tertiary alicyclic amines) is 1. The third-order valence-electron chi connectivity index (χ3n) is 5.76. The number of carbonyl (C=O) groups excluding carboxylic acids is 2. The lowest BCUT2D eigenvalue weighted by molar-refractivity contribution is 0.0450. The molecule has 9 nitrogen and oxygen atoms in total. The summed E-state index contributed by atoms with van der Waals surface area (Å²) < 4.78 is 7.14. The second-order valence-electron chi connectivity index (χ2n) is 8.43. The van der Waals surface area contributed by atoms with Crippen molar-refractivity contribution >= 4 is 12.0 Å². The van der Waals surface area contributed by atoms with Crippen molar-refractivity contribution < 1.29 is 14.3 Å². The molecule has 2 aromatic heterocycles. The zero-order valence-corrected chi connectivity index (χ0v) is 18.4. The second-order valence-corrected chi connectivity index (χ2v) is 8.43. The van der Waals surface area contributed by atoms with E-state index in [1.165, 1.54) is 0 Å². The van der Waals surface area contributed by atoms with E-state index in [4.69, 9.17) is 4.74 Å². The molecule has 0 atom stereocenters. The highest BCUT2D eigenvalue weighted by Crippen LogP contribution is 2.33. The fourth-order valence-electron chi connectivity index (χ4n) is 4.07. The lowest BCUT2D eigenvalue weighted by atomic mass is 10.0. The number of ether oxygens (including phenoxy) is 1. The van der Waals surface area contributed by atoms with Crippen LogP contribution in [-0.2, 0) is 11.2 Å². The van der Waals surface area contributed by atoms with Gasteiger partial charge < -0.3 is 14.5 Å². The van der Waals surface area contributed by atoms with Gasteiger partial charge in [0.15, 0.2) is 0 Å². The third-order valence-corrected chi connectivity index (χ3v) is 5.76. The molecule has 3 heterocycles. The highest BCUT2D eigenvalue weighted by atomic mass is 16.6. The number of piperidine rings is 1. The quantitative estimate of drug-likeness (QED) is 0.705. The molecular weight excluding hydrogens is 396 g/mol. The van der Waals surface area contributed by atoms with E-state index in [1.54, 1.807) is 23.5 Å². The summed E-state index contributed by atoms with van der Waals surface area (Å²) in [5.74, 6) is 1.36. The number of imidazole rings is 1. The Labute approximate surface area is 182 Å². The Morgan fingerprint density at radius 3 is 2.32 bits per heavy atom. The molecule has 1 saturated heterocycles. The first-order valence-corrected chi connectivity index (χ1v) is 11.1. The lowest BCUT2D eigenvalue weighted by Crippen LogP contribution is -2.50. The molecule has 166 valence electrons. The minimum absolute atomic E-state index is 0.0291. The summed E-state index contributed by atoms with van der Waals surface area (Å²) in [6.07, 6.45) is 10.7. The highest BCUT2D eigenvalue weighted by molar-refractivity contribution is 5.94. The summed E-state index contributed by atoms with van der Waals surface area (Å²) in [4.78, 5) is 42.4. The minimum Gasteiger partial charge on any atom is -0.447 e. The molecule has 1 aliphatic carbocycles. The fraction of sp³-hybridized carbons (Fsp3) is 0.591. The van der Waals surface area contributed by atoms with Crippen LogP contribution in [0.3, 0.4) is 0 Å². The van der Waals surface area contributed by atoms with Crippen molar-refractivity contribution in [3.8, 4) is 5.95 Å². The van der Waals surface area contributed by atoms with Crippen molar-refractivity contribution in [3.63, 3.8) is 0 Å². The number of nitrogens with zero attached hydrogens (tertiary/aromatic N) is 6. The average Bonchev–Trinajstić information content (AvgIpc) is 3.48. The molecule has 2 amide bonds. The maximum Gasteiger partial charge on any atom is 0.410 e. The van der Waals surface area contributed by atoms with Gasteiger partial charge in [-0.05, 0) is 39.5 Å². The van der Waals surface area contributed by atoms with E-state index in [1.807, 2.05) is 36.4 Å². The molecule has 0 aromatic carbocycles. The molecule has 2 aromatic rings. The predicted octanol–water partition coefficient (Wildman–Crippen LogP) is 2.84. The number of hydrogen-bond acceptors (Lipinski definition) is 6. The van der Waals surface area contributed by atoms with Crippen LogP contribution in [0.1, 0.15) is 62.6 Å². The highest BCUT2D eigenvalue weighted by Gasteiger charge is 2.39. The van der Waals surface area contributed by atoms with Crippen molar-refractivity contribution in [3.05, 3.63) is 36.2 Å². The first kappa shape index (κ1) is 21.3. The SMILES string of the molecule is CCc1nccn1-c1ncc(C(=O)N(C2CC2)C2CCN(C(=O)OC(C)C)CC2)cn1. The number of amides is 2. The summed E-state index contributed by atoms with van der Waals surface area (Å²) >= 11 is 0. The van der Waals surface area contributed by atoms with Crippen LogP contribution in [0.25, 0.3) is 5.95 Å². The van der Waals surface area contributed by atoms with E-state index in [2.05, 4.69) is 15.0 Å². The summed E-state index contributed by atoms with van der Waals surface area (Å²) in [5, 5.41) is 0. The summed E-state index contributed by atoms with van der Waals surface area (Å²) in [7, 11) is 0. The minimum atomic E-state index is -0.271. The van der Waals surface area contributed by atoms with Crippen molar-refractivity contribution in [1.29, 1.82) is 0 Å². The second kappa shape index (κ2) is 9.03. The number of carbonyl (C=O) groups is 2.